The molecule has 0 spiro atoms. The topological polar surface area (TPSA) is 29.0 Å². The number of hydrogen-bond donors (Lipinski definition) is 0. The normalized spacial score (nSPS) is 12.8. The quantitative estimate of drug-likeness (QED) is 0.782. The van der Waals surface area contributed by atoms with Crippen molar-refractivity contribution in [2.45, 2.75) is 52.4 Å². The second-order valence-electron chi connectivity index (χ2n) is 8.00. The summed E-state index contributed by atoms with van der Waals surface area (Å²) in [5.74, 6) is 0. The molecule has 3 heteroatoms. The molecule has 0 saturated heterocycles. The average Bonchev–Trinajstić information content (AvgIpc) is 2.33. The van der Waals surface area contributed by atoms with Crippen LogP contribution in [0.5, 0.6) is 0 Å². The molecule has 2 heterocycles. The van der Waals surface area contributed by atoms with Gasteiger partial charge in [0.1, 0.15) is 0 Å². The van der Waals surface area contributed by atoms with E-state index in [9.17, 15) is 0 Å². The van der Waals surface area contributed by atoms with E-state index in [4.69, 9.17) is 4.98 Å². The van der Waals surface area contributed by atoms with E-state index in [2.05, 4.69) is 65.5 Å². The van der Waals surface area contributed by atoms with Gasteiger partial charge in [-0.15, -0.1) is 0 Å². The molecular weight excluding hydrogens is 258 g/mol. The van der Waals surface area contributed by atoms with Crippen molar-refractivity contribution in [1.29, 1.82) is 0 Å². The van der Waals surface area contributed by atoms with E-state index in [1.165, 1.54) is 16.8 Å². The fourth-order valence-corrected chi connectivity index (χ4v) is 2.68. The highest BCUT2D eigenvalue weighted by Gasteiger charge is 2.25. The van der Waals surface area contributed by atoms with Crippen LogP contribution in [0.2, 0.25) is 0 Å². The summed E-state index contributed by atoms with van der Waals surface area (Å²) in [5, 5.41) is 1.14. The maximum absolute atomic E-state index is 4.79. The Morgan fingerprint density at radius 2 is 1.38 bits per heavy atom. The maximum atomic E-state index is 4.79. The first-order valence-corrected chi connectivity index (χ1v) is 7.48. The second kappa shape index (κ2) is 4.97. The minimum Gasteiger partial charge on any atom is -0.377 e. The largest absolute Gasteiger partial charge is 0.377 e. The third kappa shape index (κ3) is 2.87. The smallest absolute Gasteiger partial charge is 0.0791 e. The highest BCUT2D eigenvalue weighted by molar-refractivity contribution is 5.95. The predicted octanol–water partition coefficient (Wildman–Crippen LogP) is 4.29. The SMILES string of the molecule is CN(C)c1c(C(C)(C)C)cnc2c(C(C)(C)C)cncc12. The third-order valence-corrected chi connectivity index (χ3v) is 3.81. The lowest BCUT2D eigenvalue weighted by molar-refractivity contribution is 0.585. The number of anilines is 1. The molecule has 3 nitrogen and oxygen atoms in total. The van der Waals surface area contributed by atoms with E-state index in [0.29, 0.717) is 0 Å². The van der Waals surface area contributed by atoms with Crippen molar-refractivity contribution in [3.8, 4) is 0 Å². The minimum absolute atomic E-state index is 0.0341. The first kappa shape index (κ1) is 15.7. The monoisotopic (exact) mass is 285 g/mol. The Kier molecular flexibility index (Phi) is 3.73. The number of rotatable bonds is 1. The molecule has 21 heavy (non-hydrogen) atoms. The Bertz CT molecular complexity index is 658. The Balaban J connectivity index is 2.90. The lowest BCUT2D eigenvalue weighted by atomic mass is 9.83. The van der Waals surface area contributed by atoms with E-state index in [0.717, 1.165) is 10.9 Å². The maximum Gasteiger partial charge on any atom is 0.0791 e. The summed E-state index contributed by atoms with van der Waals surface area (Å²) in [6, 6.07) is 0. The van der Waals surface area contributed by atoms with Crippen LogP contribution in [0.4, 0.5) is 5.69 Å². The number of pyridine rings is 2. The van der Waals surface area contributed by atoms with Crippen LogP contribution in [-0.2, 0) is 10.8 Å². The lowest BCUT2D eigenvalue weighted by Gasteiger charge is -2.29. The fraction of sp³-hybridized carbons (Fsp3) is 0.556. The van der Waals surface area contributed by atoms with Crippen LogP contribution in [0.3, 0.4) is 0 Å². The highest BCUT2D eigenvalue weighted by Crippen LogP contribution is 2.38. The molecular formula is C18H27N3. The molecule has 0 aliphatic carbocycles. The molecule has 0 unspecified atom stereocenters. The van der Waals surface area contributed by atoms with Crippen LogP contribution in [0.25, 0.3) is 10.9 Å². The summed E-state index contributed by atoms with van der Waals surface area (Å²) >= 11 is 0. The van der Waals surface area contributed by atoms with E-state index in [1.54, 1.807) is 0 Å². The van der Waals surface area contributed by atoms with Gasteiger partial charge in [-0.3, -0.25) is 9.97 Å². The predicted molar refractivity (Wildman–Crippen MR) is 91.3 cm³/mol. The average molecular weight is 285 g/mol. The Morgan fingerprint density at radius 1 is 0.810 bits per heavy atom. The van der Waals surface area contributed by atoms with E-state index >= 15 is 0 Å². The van der Waals surface area contributed by atoms with Crippen molar-refractivity contribution in [1.82, 2.24) is 9.97 Å². The number of nitrogens with zero attached hydrogens (tertiary/aromatic N) is 3. The summed E-state index contributed by atoms with van der Waals surface area (Å²) in [5.41, 5.74) is 4.84. The molecule has 0 aliphatic rings. The van der Waals surface area contributed by atoms with Gasteiger partial charge in [-0.25, -0.2) is 0 Å². The zero-order chi connectivity index (χ0) is 16.0. The molecule has 0 bridgehead atoms. The molecule has 2 aromatic rings. The molecule has 0 aromatic carbocycles. The van der Waals surface area contributed by atoms with E-state index in [-0.39, 0.29) is 10.8 Å². The standard InChI is InChI=1S/C18H27N3/c1-17(2,3)13-10-19-9-12-15(13)20-11-14(18(4,5)6)16(12)21(7)8/h9-11H,1-8H3. The number of aromatic nitrogens is 2. The van der Waals surface area contributed by atoms with Crippen LogP contribution in [0, 0.1) is 0 Å². The van der Waals surface area contributed by atoms with Gasteiger partial charge in [0.25, 0.3) is 0 Å². The van der Waals surface area contributed by atoms with Crippen LogP contribution in [-0.4, -0.2) is 24.1 Å². The number of fused-ring (bicyclic) bond motifs is 1. The minimum atomic E-state index is 0.0341. The Labute approximate surface area is 128 Å². The first-order valence-electron chi connectivity index (χ1n) is 7.48. The summed E-state index contributed by atoms with van der Waals surface area (Å²) in [6.07, 6.45) is 5.93. The highest BCUT2D eigenvalue weighted by atomic mass is 15.1. The third-order valence-electron chi connectivity index (χ3n) is 3.81. The van der Waals surface area contributed by atoms with Gasteiger partial charge in [-0.2, -0.15) is 0 Å². The van der Waals surface area contributed by atoms with Gasteiger partial charge in [0.15, 0.2) is 0 Å². The van der Waals surface area contributed by atoms with Gasteiger partial charge < -0.3 is 4.90 Å². The molecule has 0 aliphatic heterocycles. The molecule has 0 radical (unpaired) electrons. The van der Waals surface area contributed by atoms with Gasteiger partial charge in [0.2, 0.25) is 0 Å². The first-order chi connectivity index (χ1) is 9.53. The lowest BCUT2D eigenvalue weighted by Crippen LogP contribution is -2.21. The van der Waals surface area contributed by atoms with E-state index < -0.39 is 0 Å². The molecule has 0 saturated carbocycles. The molecule has 0 fully saturated rings. The summed E-state index contributed by atoms with van der Waals surface area (Å²) in [4.78, 5) is 11.4. The molecule has 0 atom stereocenters. The molecule has 0 N–H and O–H groups in total. The van der Waals surface area contributed by atoms with E-state index in [1.807, 2.05) is 18.6 Å². The Morgan fingerprint density at radius 3 is 1.86 bits per heavy atom. The van der Waals surface area contributed by atoms with Gasteiger partial charge in [0.05, 0.1) is 11.2 Å². The number of hydrogen-bond acceptors (Lipinski definition) is 3. The van der Waals surface area contributed by atoms with Crippen LogP contribution in [0.1, 0.15) is 52.7 Å². The van der Waals surface area contributed by atoms with Crippen molar-refractivity contribution in [3.63, 3.8) is 0 Å². The zero-order valence-corrected chi connectivity index (χ0v) is 14.6. The molecule has 0 amide bonds. The van der Waals surface area contributed by atoms with Crippen molar-refractivity contribution in [2.75, 3.05) is 19.0 Å². The van der Waals surface area contributed by atoms with Crippen LogP contribution < -0.4 is 4.90 Å². The van der Waals surface area contributed by atoms with Gasteiger partial charge in [0, 0.05) is 43.6 Å². The van der Waals surface area contributed by atoms with Gasteiger partial charge in [-0.1, -0.05) is 41.5 Å². The van der Waals surface area contributed by atoms with Crippen molar-refractivity contribution in [2.24, 2.45) is 0 Å². The van der Waals surface area contributed by atoms with Crippen molar-refractivity contribution >= 4 is 16.6 Å². The van der Waals surface area contributed by atoms with Crippen LogP contribution >= 0.6 is 0 Å². The van der Waals surface area contributed by atoms with Crippen LogP contribution in [0.15, 0.2) is 18.6 Å². The Hall–Kier alpha value is -1.64. The molecule has 2 rings (SSSR count). The summed E-state index contributed by atoms with van der Waals surface area (Å²) in [7, 11) is 4.18. The molecule has 2 aromatic heterocycles. The fourth-order valence-electron chi connectivity index (χ4n) is 2.68. The zero-order valence-electron chi connectivity index (χ0n) is 14.6. The summed E-state index contributed by atoms with van der Waals surface area (Å²) in [6.45, 7) is 13.3. The van der Waals surface area contributed by atoms with Gasteiger partial charge >= 0.3 is 0 Å². The van der Waals surface area contributed by atoms with Gasteiger partial charge in [-0.05, 0) is 16.4 Å². The van der Waals surface area contributed by atoms with Crippen molar-refractivity contribution in [3.05, 3.63) is 29.7 Å². The second-order valence-corrected chi connectivity index (χ2v) is 8.00. The van der Waals surface area contributed by atoms with Crippen molar-refractivity contribution < 1.29 is 0 Å². The molecule has 114 valence electrons. The summed E-state index contributed by atoms with van der Waals surface area (Å²) < 4.78 is 0.